The monoisotopic (exact) mass is 441 g/mol. The molecule has 31 heavy (non-hydrogen) atoms. The Hall–Kier alpha value is -2.75. The fourth-order valence-corrected chi connectivity index (χ4v) is 4.27. The van der Waals surface area contributed by atoms with E-state index in [0.29, 0.717) is 23.1 Å². The molecule has 2 aromatic heterocycles. The first-order chi connectivity index (χ1) is 15.1. The Kier molecular flexibility index (Phi) is 6.96. The van der Waals surface area contributed by atoms with Gasteiger partial charge in [-0.25, -0.2) is 0 Å². The maximum Gasteiger partial charge on any atom is 0.261 e. The van der Waals surface area contributed by atoms with Gasteiger partial charge in [0.05, 0.1) is 16.9 Å². The summed E-state index contributed by atoms with van der Waals surface area (Å²) in [4.78, 5) is 23.2. The number of aromatic nitrogens is 2. The summed E-state index contributed by atoms with van der Waals surface area (Å²) < 4.78 is 10.6. The molecular formula is C22H27N5O3S. The maximum absolute atomic E-state index is 12.5. The Morgan fingerprint density at radius 3 is 2.68 bits per heavy atom. The van der Waals surface area contributed by atoms with Crippen LogP contribution in [0.4, 0.5) is 0 Å². The molecule has 4 rings (SSSR count). The van der Waals surface area contributed by atoms with Gasteiger partial charge in [-0.05, 0) is 56.4 Å². The Bertz CT molecular complexity index is 993. The number of hydrogen-bond acceptors (Lipinski definition) is 8. The third-order valence-corrected chi connectivity index (χ3v) is 6.43. The predicted molar refractivity (Wildman–Crippen MR) is 120 cm³/mol. The molecule has 1 aliphatic rings. The van der Waals surface area contributed by atoms with Crippen molar-refractivity contribution in [3.05, 3.63) is 41.3 Å². The van der Waals surface area contributed by atoms with E-state index in [9.17, 15) is 4.79 Å². The summed E-state index contributed by atoms with van der Waals surface area (Å²) in [5.74, 6) is 1.61. The Labute approximate surface area is 185 Å². The number of ether oxygens (including phenoxy) is 1. The fourth-order valence-electron chi connectivity index (χ4n) is 3.42. The van der Waals surface area contributed by atoms with Crippen LogP contribution in [0.1, 0.15) is 16.1 Å². The quantitative estimate of drug-likeness (QED) is 0.538. The molecule has 8 nitrogen and oxygen atoms in total. The number of nitrogens with zero attached hydrogens (tertiary/aromatic N) is 4. The van der Waals surface area contributed by atoms with Crippen LogP contribution in [-0.2, 0) is 0 Å². The van der Waals surface area contributed by atoms with Gasteiger partial charge in [0.1, 0.15) is 5.75 Å². The number of piperazine rings is 1. The summed E-state index contributed by atoms with van der Waals surface area (Å²) in [7, 11) is 3.78. The van der Waals surface area contributed by atoms with E-state index in [1.165, 1.54) is 11.3 Å². The van der Waals surface area contributed by atoms with Crippen LogP contribution < -0.4 is 10.1 Å². The number of benzene rings is 1. The van der Waals surface area contributed by atoms with Gasteiger partial charge in [0.15, 0.2) is 0 Å². The number of likely N-dealkylation sites (N-methyl/N-ethyl adjacent to an activating group) is 1. The van der Waals surface area contributed by atoms with E-state index in [-0.39, 0.29) is 5.91 Å². The smallest absolute Gasteiger partial charge is 0.261 e. The number of nitrogens with one attached hydrogen (secondary N) is 1. The normalized spacial score (nSPS) is 15.2. The molecule has 3 heterocycles. The molecule has 3 aromatic rings. The Morgan fingerprint density at radius 1 is 1.16 bits per heavy atom. The average Bonchev–Trinajstić information content (AvgIpc) is 3.48. The molecular weight excluding hydrogens is 414 g/mol. The van der Waals surface area contributed by atoms with E-state index in [0.717, 1.165) is 55.3 Å². The first kappa shape index (κ1) is 21.5. The lowest BCUT2D eigenvalue weighted by molar-refractivity contribution is 0.0953. The molecule has 1 aliphatic heterocycles. The first-order valence-electron chi connectivity index (χ1n) is 10.4. The second-order valence-electron chi connectivity index (χ2n) is 7.57. The molecule has 0 atom stereocenters. The highest BCUT2D eigenvalue weighted by atomic mass is 32.1. The van der Waals surface area contributed by atoms with Crippen molar-refractivity contribution in [3.8, 4) is 27.9 Å². The highest BCUT2D eigenvalue weighted by molar-refractivity contribution is 7.17. The van der Waals surface area contributed by atoms with Crippen molar-refractivity contribution >= 4 is 17.2 Å². The third kappa shape index (κ3) is 5.49. The van der Waals surface area contributed by atoms with Crippen LogP contribution in [0.5, 0.6) is 5.75 Å². The lowest BCUT2D eigenvalue weighted by Gasteiger charge is -2.32. The van der Waals surface area contributed by atoms with Crippen LogP contribution in [0.3, 0.4) is 0 Å². The van der Waals surface area contributed by atoms with Gasteiger partial charge in [-0.2, -0.15) is 4.98 Å². The van der Waals surface area contributed by atoms with Crippen molar-refractivity contribution < 1.29 is 14.1 Å². The zero-order valence-corrected chi connectivity index (χ0v) is 18.7. The summed E-state index contributed by atoms with van der Waals surface area (Å²) in [5, 5.41) is 7.08. The highest BCUT2D eigenvalue weighted by Crippen LogP contribution is 2.28. The number of thiophene rings is 1. The number of rotatable bonds is 8. The molecule has 1 N–H and O–H groups in total. The molecule has 1 amide bonds. The standard InChI is InChI=1S/C22H27N5O3S/c1-26-12-14-27(15-13-26)11-3-10-23-21(28)19-9-8-18(31-19)20-24-22(30-25-20)16-4-6-17(29-2)7-5-16/h4-9H,3,10-15H2,1-2H3,(H,23,28). The second-order valence-corrected chi connectivity index (χ2v) is 8.65. The van der Waals surface area contributed by atoms with Gasteiger partial charge < -0.3 is 24.4 Å². The molecule has 0 aliphatic carbocycles. The minimum atomic E-state index is -0.0616. The van der Waals surface area contributed by atoms with Crippen LogP contribution >= 0.6 is 11.3 Å². The van der Waals surface area contributed by atoms with Gasteiger partial charge in [-0.3, -0.25) is 4.79 Å². The summed E-state index contributed by atoms with van der Waals surface area (Å²) in [6.07, 6.45) is 0.948. The van der Waals surface area contributed by atoms with Crippen molar-refractivity contribution in [1.82, 2.24) is 25.3 Å². The molecule has 0 unspecified atom stereocenters. The zero-order chi connectivity index (χ0) is 21.6. The molecule has 1 saturated heterocycles. The number of amides is 1. The lowest BCUT2D eigenvalue weighted by Crippen LogP contribution is -2.45. The summed E-state index contributed by atoms with van der Waals surface area (Å²) in [5.41, 5.74) is 0.814. The van der Waals surface area contributed by atoms with E-state index in [2.05, 4.69) is 32.3 Å². The van der Waals surface area contributed by atoms with Crippen molar-refractivity contribution in [2.75, 3.05) is 53.4 Å². The number of methoxy groups -OCH3 is 1. The Morgan fingerprint density at radius 2 is 1.94 bits per heavy atom. The van der Waals surface area contributed by atoms with Crippen molar-refractivity contribution in [1.29, 1.82) is 0 Å². The van der Waals surface area contributed by atoms with Crippen LogP contribution in [0.25, 0.3) is 22.2 Å². The van der Waals surface area contributed by atoms with E-state index in [4.69, 9.17) is 9.26 Å². The molecule has 1 fully saturated rings. The van der Waals surface area contributed by atoms with Crippen LogP contribution in [0.15, 0.2) is 40.9 Å². The zero-order valence-electron chi connectivity index (χ0n) is 17.8. The van der Waals surface area contributed by atoms with Crippen LogP contribution in [0.2, 0.25) is 0 Å². The van der Waals surface area contributed by atoms with Crippen molar-refractivity contribution in [2.45, 2.75) is 6.42 Å². The van der Waals surface area contributed by atoms with Gasteiger partial charge >= 0.3 is 0 Å². The van der Waals surface area contributed by atoms with E-state index in [1.807, 2.05) is 30.3 Å². The topological polar surface area (TPSA) is 83.7 Å². The number of carbonyl (C=O) groups excluding carboxylic acids is 1. The lowest BCUT2D eigenvalue weighted by atomic mass is 10.2. The summed E-state index contributed by atoms with van der Waals surface area (Å²) >= 11 is 1.36. The average molecular weight is 442 g/mol. The molecule has 0 bridgehead atoms. The van der Waals surface area contributed by atoms with Crippen molar-refractivity contribution in [2.24, 2.45) is 0 Å². The third-order valence-electron chi connectivity index (χ3n) is 5.35. The molecule has 1 aromatic carbocycles. The van der Waals surface area contributed by atoms with Gasteiger partial charge in [0.25, 0.3) is 11.8 Å². The predicted octanol–water partition coefficient (Wildman–Crippen LogP) is 2.84. The summed E-state index contributed by atoms with van der Waals surface area (Å²) in [6, 6.07) is 11.1. The largest absolute Gasteiger partial charge is 0.497 e. The molecule has 0 spiro atoms. The molecule has 0 radical (unpaired) electrons. The minimum absolute atomic E-state index is 0.0616. The van der Waals surface area contributed by atoms with E-state index < -0.39 is 0 Å². The molecule has 164 valence electrons. The van der Waals surface area contributed by atoms with Crippen LogP contribution in [0, 0.1) is 0 Å². The van der Waals surface area contributed by atoms with Gasteiger partial charge in [0, 0.05) is 38.3 Å². The van der Waals surface area contributed by atoms with Crippen molar-refractivity contribution in [3.63, 3.8) is 0 Å². The highest BCUT2D eigenvalue weighted by Gasteiger charge is 2.16. The second kappa shape index (κ2) is 10.0. The SMILES string of the molecule is COc1ccc(-c2nc(-c3ccc(C(=O)NCCCN4CCN(C)CC4)s3)no2)cc1. The Balaban J connectivity index is 1.28. The van der Waals surface area contributed by atoms with E-state index >= 15 is 0 Å². The van der Waals surface area contributed by atoms with Gasteiger partial charge in [-0.1, -0.05) is 5.16 Å². The minimum Gasteiger partial charge on any atom is -0.497 e. The van der Waals surface area contributed by atoms with Gasteiger partial charge in [0.2, 0.25) is 5.82 Å². The van der Waals surface area contributed by atoms with Gasteiger partial charge in [-0.15, -0.1) is 11.3 Å². The number of hydrogen-bond donors (Lipinski definition) is 1. The van der Waals surface area contributed by atoms with Crippen LogP contribution in [-0.4, -0.2) is 79.3 Å². The number of carbonyl (C=O) groups is 1. The fraction of sp³-hybridized carbons (Fsp3) is 0.409. The first-order valence-corrected chi connectivity index (χ1v) is 11.2. The molecule has 0 saturated carbocycles. The maximum atomic E-state index is 12.5. The molecule has 9 heteroatoms. The van der Waals surface area contributed by atoms with E-state index in [1.54, 1.807) is 13.2 Å². The summed E-state index contributed by atoms with van der Waals surface area (Å²) in [6.45, 7) is 6.11.